The van der Waals surface area contributed by atoms with Gasteiger partial charge in [0.1, 0.15) is 5.82 Å². The summed E-state index contributed by atoms with van der Waals surface area (Å²) in [6, 6.07) is 8.21. The summed E-state index contributed by atoms with van der Waals surface area (Å²) in [6.07, 6.45) is 3.41. The van der Waals surface area contributed by atoms with Gasteiger partial charge < -0.3 is 4.90 Å². The molecule has 0 aliphatic rings. The summed E-state index contributed by atoms with van der Waals surface area (Å²) in [4.78, 5) is 18.4. The summed E-state index contributed by atoms with van der Waals surface area (Å²) in [5.41, 5.74) is 1.26. The molecule has 3 nitrogen and oxygen atoms in total. The number of benzene rings is 1. The Morgan fingerprint density at radius 3 is 2.71 bits per heavy atom. The normalized spacial score (nSPS) is 10.7. The molecule has 0 saturated carbocycles. The third-order valence-electron chi connectivity index (χ3n) is 3.14. The summed E-state index contributed by atoms with van der Waals surface area (Å²) in [5, 5.41) is 0. The molecule has 2 rings (SSSR count). The molecular formula is C16H16BrFN2O. The number of halogens is 2. The van der Waals surface area contributed by atoms with Crippen LogP contribution in [-0.2, 0) is 6.54 Å². The first-order valence-corrected chi connectivity index (χ1v) is 7.44. The zero-order valence-corrected chi connectivity index (χ0v) is 13.5. The molecule has 5 heteroatoms. The van der Waals surface area contributed by atoms with E-state index in [9.17, 15) is 9.18 Å². The van der Waals surface area contributed by atoms with Gasteiger partial charge in [-0.05, 0) is 53.5 Å². The molecule has 1 heterocycles. The second-order valence-electron chi connectivity index (χ2n) is 4.99. The van der Waals surface area contributed by atoms with E-state index in [4.69, 9.17) is 0 Å². The SMILES string of the molecule is CC(C)N(Cc1cccnc1)C(=O)c1cccc(F)c1Br. The monoisotopic (exact) mass is 350 g/mol. The minimum absolute atomic E-state index is 0.00660. The van der Waals surface area contributed by atoms with Crippen molar-refractivity contribution in [1.29, 1.82) is 0 Å². The highest BCUT2D eigenvalue weighted by Crippen LogP contribution is 2.23. The number of aromatic nitrogens is 1. The standard InChI is InChI=1S/C16H16BrFN2O/c1-11(2)20(10-12-5-4-8-19-9-12)16(21)13-6-3-7-14(18)15(13)17/h3-9,11H,10H2,1-2H3. The van der Waals surface area contributed by atoms with Gasteiger partial charge in [-0.25, -0.2) is 4.39 Å². The molecule has 0 aliphatic heterocycles. The average molecular weight is 351 g/mol. The molecule has 0 atom stereocenters. The Bertz CT molecular complexity index is 631. The van der Waals surface area contributed by atoms with Crippen molar-refractivity contribution in [3.63, 3.8) is 0 Å². The van der Waals surface area contributed by atoms with Crippen LogP contribution in [0.1, 0.15) is 29.8 Å². The van der Waals surface area contributed by atoms with Crippen molar-refractivity contribution in [2.24, 2.45) is 0 Å². The van der Waals surface area contributed by atoms with Crippen LogP contribution < -0.4 is 0 Å². The average Bonchev–Trinajstić information content (AvgIpc) is 2.48. The van der Waals surface area contributed by atoms with E-state index in [0.29, 0.717) is 12.1 Å². The number of carbonyl (C=O) groups excluding carboxylic acids is 1. The molecule has 1 aromatic heterocycles. The number of nitrogens with zero attached hydrogens (tertiary/aromatic N) is 2. The first kappa shape index (κ1) is 15.6. The highest BCUT2D eigenvalue weighted by molar-refractivity contribution is 9.10. The largest absolute Gasteiger partial charge is 0.332 e. The molecule has 0 spiro atoms. The fourth-order valence-electron chi connectivity index (χ4n) is 2.00. The Morgan fingerprint density at radius 2 is 2.10 bits per heavy atom. The Labute approximate surface area is 131 Å². The predicted molar refractivity (Wildman–Crippen MR) is 83.3 cm³/mol. The first-order chi connectivity index (χ1) is 10.0. The Kier molecular flexibility index (Phi) is 5.07. The Balaban J connectivity index is 2.30. The van der Waals surface area contributed by atoms with Crippen molar-refractivity contribution in [3.8, 4) is 0 Å². The second-order valence-corrected chi connectivity index (χ2v) is 5.78. The van der Waals surface area contributed by atoms with E-state index >= 15 is 0 Å². The molecule has 1 aromatic carbocycles. The van der Waals surface area contributed by atoms with Crippen LogP contribution in [0.3, 0.4) is 0 Å². The van der Waals surface area contributed by atoms with Gasteiger partial charge in [-0.3, -0.25) is 9.78 Å². The van der Waals surface area contributed by atoms with Crippen molar-refractivity contribution in [2.45, 2.75) is 26.4 Å². The lowest BCUT2D eigenvalue weighted by Gasteiger charge is -2.27. The maximum absolute atomic E-state index is 13.6. The highest BCUT2D eigenvalue weighted by atomic mass is 79.9. The number of pyridine rings is 1. The minimum atomic E-state index is -0.439. The molecular weight excluding hydrogens is 335 g/mol. The zero-order valence-electron chi connectivity index (χ0n) is 11.9. The van der Waals surface area contributed by atoms with Gasteiger partial charge in [0.2, 0.25) is 0 Å². The molecule has 21 heavy (non-hydrogen) atoms. The fraction of sp³-hybridized carbons (Fsp3) is 0.250. The maximum atomic E-state index is 13.6. The van der Waals surface area contributed by atoms with Crippen molar-refractivity contribution in [2.75, 3.05) is 0 Å². The lowest BCUT2D eigenvalue weighted by molar-refractivity contribution is 0.0688. The molecule has 0 N–H and O–H groups in total. The topological polar surface area (TPSA) is 33.2 Å². The van der Waals surface area contributed by atoms with Crippen LogP contribution >= 0.6 is 15.9 Å². The van der Waals surface area contributed by atoms with Gasteiger partial charge in [-0.2, -0.15) is 0 Å². The molecule has 0 aliphatic carbocycles. The minimum Gasteiger partial charge on any atom is -0.332 e. The molecule has 1 amide bonds. The van der Waals surface area contributed by atoms with Crippen molar-refractivity contribution in [1.82, 2.24) is 9.88 Å². The zero-order chi connectivity index (χ0) is 15.4. The van der Waals surface area contributed by atoms with Gasteiger partial charge in [0.05, 0.1) is 10.0 Å². The Hall–Kier alpha value is -1.75. The van der Waals surface area contributed by atoms with Crippen LogP contribution in [0.4, 0.5) is 4.39 Å². The lowest BCUT2D eigenvalue weighted by Crippen LogP contribution is -2.36. The summed E-state index contributed by atoms with van der Waals surface area (Å²) >= 11 is 3.15. The van der Waals surface area contributed by atoms with E-state index in [1.807, 2.05) is 26.0 Å². The van der Waals surface area contributed by atoms with Crippen LogP contribution in [0.15, 0.2) is 47.2 Å². The van der Waals surface area contributed by atoms with Crippen LogP contribution in [0.25, 0.3) is 0 Å². The van der Waals surface area contributed by atoms with Crippen LogP contribution in [-0.4, -0.2) is 21.8 Å². The smallest absolute Gasteiger partial charge is 0.255 e. The Morgan fingerprint density at radius 1 is 1.33 bits per heavy atom. The summed E-state index contributed by atoms with van der Waals surface area (Å²) < 4.78 is 13.8. The van der Waals surface area contributed by atoms with Gasteiger partial charge in [-0.15, -0.1) is 0 Å². The molecule has 110 valence electrons. The van der Waals surface area contributed by atoms with E-state index < -0.39 is 5.82 Å². The number of hydrogen-bond donors (Lipinski definition) is 0. The van der Waals surface area contributed by atoms with Gasteiger partial charge >= 0.3 is 0 Å². The maximum Gasteiger partial charge on any atom is 0.255 e. The third kappa shape index (κ3) is 3.67. The highest BCUT2D eigenvalue weighted by Gasteiger charge is 2.22. The number of carbonyl (C=O) groups is 1. The summed E-state index contributed by atoms with van der Waals surface area (Å²) in [6.45, 7) is 4.30. The van der Waals surface area contributed by atoms with Crippen LogP contribution in [0.2, 0.25) is 0 Å². The molecule has 0 bridgehead atoms. The molecule has 0 saturated heterocycles. The van der Waals surface area contributed by atoms with Gasteiger partial charge in [0.25, 0.3) is 5.91 Å². The molecule has 2 aromatic rings. The van der Waals surface area contributed by atoms with Gasteiger partial charge in [0, 0.05) is 25.0 Å². The van der Waals surface area contributed by atoms with Gasteiger partial charge in [0.15, 0.2) is 0 Å². The molecule has 0 fully saturated rings. The second kappa shape index (κ2) is 6.80. The van der Waals surface area contributed by atoms with Crippen molar-refractivity contribution < 1.29 is 9.18 Å². The van der Waals surface area contributed by atoms with E-state index in [1.165, 1.54) is 12.1 Å². The van der Waals surface area contributed by atoms with Crippen LogP contribution in [0, 0.1) is 5.82 Å². The number of amides is 1. The number of rotatable bonds is 4. The van der Waals surface area contributed by atoms with E-state index in [2.05, 4.69) is 20.9 Å². The van der Waals surface area contributed by atoms with Gasteiger partial charge in [-0.1, -0.05) is 12.1 Å². The fourth-order valence-corrected chi connectivity index (χ4v) is 2.43. The van der Waals surface area contributed by atoms with E-state index in [-0.39, 0.29) is 16.4 Å². The predicted octanol–water partition coefficient (Wildman–Crippen LogP) is 4.03. The lowest BCUT2D eigenvalue weighted by atomic mass is 10.1. The van der Waals surface area contributed by atoms with Crippen LogP contribution in [0.5, 0.6) is 0 Å². The molecule has 0 unspecified atom stereocenters. The third-order valence-corrected chi connectivity index (χ3v) is 3.95. The molecule has 0 radical (unpaired) electrons. The van der Waals surface area contributed by atoms with E-state index in [1.54, 1.807) is 23.4 Å². The van der Waals surface area contributed by atoms with Crippen molar-refractivity contribution >= 4 is 21.8 Å². The first-order valence-electron chi connectivity index (χ1n) is 6.64. The van der Waals surface area contributed by atoms with Crippen molar-refractivity contribution in [3.05, 3.63) is 64.1 Å². The summed E-state index contributed by atoms with van der Waals surface area (Å²) in [7, 11) is 0. The summed E-state index contributed by atoms with van der Waals surface area (Å²) in [5.74, 6) is -0.647. The quantitative estimate of drug-likeness (QED) is 0.833. The number of hydrogen-bond acceptors (Lipinski definition) is 2. The van der Waals surface area contributed by atoms with E-state index in [0.717, 1.165) is 5.56 Å².